The summed E-state index contributed by atoms with van der Waals surface area (Å²) in [6, 6.07) is 5.38. The van der Waals surface area contributed by atoms with E-state index in [4.69, 9.17) is 0 Å². The van der Waals surface area contributed by atoms with E-state index in [2.05, 4.69) is 17.0 Å². The Morgan fingerprint density at radius 3 is 2.82 bits per heavy atom. The fraction of sp³-hybridized carbons (Fsp3) is 0.619. The summed E-state index contributed by atoms with van der Waals surface area (Å²) in [4.78, 5) is 24.1. The van der Waals surface area contributed by atoms with Crippen LogP contribution in [0.5, 0.6) is 0 Å². The van der Waals surface area contributed by atoms with Crippen molar-refractivity contribution < 1.29 is 14.0 Å². The van der Waals surface area contributed by atoms with Crippen molar-refractivity contribution in [3.05, 3.63) is 35.1 Å². The lowest BCUT2D eigenvalue weighted by Gasteiger charge is -2.15. The third-order valence-electron chi connectivity index (χ3n) is 5.39. The molecule has 1 aliphatic heterocycles. The zero-order chi connectivity index (χ0) is 19.9. The molecule has 3 amide bonds. The van der Waals surface area contributed by atoms with Crippen molar-refractivity contribution in [2.75, 3.05) is 18.8 Å². The van der Waals surface area contributed by atoms with Crippen LogP contribution >= 0.6 is 11.9 Å². The number of benzene rings is 1. The topological polar surface area (TPSA) is 61.4 Å². The molecule has 154 valence electrons. The second-order valence-electron chi connectivity index (χ2n) is 7.86. The Morgan fingerprint density at radius 2 is 2.11 bits per heavy atom. The Hall–Kier alpha value is -1.60. The molecule has 0 radical (unpaired) electrons. The van der Waals surface area contributed by atoms with Gasteiger partial charge in [-0.25, -0.2) is 9.18 Å². The van der Waals surface area contributed by atoms with Crippen LogP contribution in [0.4, 0.5) is 9.18 Å². The van der Waals surface area contributed by atoms with E-state index in [-0.39, 0.29) is 30.3 Å². The molecule has 0 spiro atoms. The maximum atomic E-state index is 14.0. The number of imide groups is 1. The highest BCUT2D eigenvalue weighted by atomic mass is 32.2. The van der Waals surface area contributed by atoms with Crippen LogP contribution in [0.1, 0.15) is 62.6 Å². The van der Waals surface area contributed by atoms with E-state index < -0.39 is 0 Å². The zero-order valence-electron chi connectivity index (χ0n) is 16.5. The first kappa shape index (κ1) is 21.1. The largest absolute Gasteiger partial charge is 0.324 e. The van der Waals surface area contributed by atoms with Gasteiger partial charge in [-0.3, -0.25) is 14.8 Å². The second-order valence-corrected chi connectivity index (χ2v) is 8.79. The summed E-state index contributed by atoms with van der Waals surface area (Å²) >= 11 is 1.69. The van der Waals surface area contributed by atoms with Crippen molar-refractivity contribution >= 4 is 23.9 Å². The summed E-state index contributed by atoms with van der Waals surface area (Å²) in [5.74, 6) is 1.49. The van der Waals surface area contributed by atoms with Gasteiger partial charge in [0.2, 0.25) is 5.91 Å². The third-order valence-corrected chi connectivity index (χ3v) is 6.40. The predicted molar refractivity (Wildman–Crippen MR) is 110 cm³/mol. The molecular weight excluding hydrogens is 377 g/mol. The van der Waals surface area contributed by atoms with Gasteiger partial charge in [-0.1, -0.05) is 43.3 Å². The van der Waals surface area contributed by atoms with E-state index in [1.54, 1.807) is 22.9 Å². The van der Waals surface area contributed by atoms with Crippen molar-refractivity contribution in [1.29, 1.82) is 0 Å². The third kappa shape index (κ3) is 6.48. The number of urea groups is 1. The van der Waals surface area contributed by atoms with E-state index in [1.807, 2.05) is 12.1 Å². The molecule has 0 aromatic heterocycles. The number of carbonyl (C=O) groups is 2. The molecule has 28 heavy (non-hydrogen) atoms. The van der Waals surface area contributed by atoms with Gasteiger partial charge < -0.3 is 4.90 Å². The monoisotopic (exact) mass is 407 g/mol. The summed E-state index contributed by atoms with van der Waals surface area (Å²) in [5, 5.41) is 2.29. The molecule has 5 nitrogen and oxygen atoms in total. The van der Waals surface area contributed by atoms with Crippen LogP contribution in [0.15, 0.2) is 18.2 Å². The molecule has 1 atom stereocenters. The summed E-state index contributed by atoms with van der Waals surface area (Å²) in [7, 11) is 0. The predicted octanol–water partition coefficient (Wildman–Crippen LogP) is 4.19. The number of halogens is 1. The minimum absolute atomic E-state index is 0.0855. The van der Waals surface area contributed by atoms with Gasteiger partial charge in [-0.15, -0.1) is 0 Å². The van der Waals surface area contributed by atoms with Gasteiger partial charge in [0, 0.05) is 18.3 Å². The molecule has 1 saturated carbocycles. The van der Waals surface area contributed by atoms with E-state index in [1.165, 1.54) is 12.8 Å². The number of nitrogens with one attached hydrogen (secondary N) is 2. The molecule has 1 aromatic carbocycles. The molecule has 1 aromatic rings. The molecule has 1 unspecified atom stereocenters. The second kappa shape index (κ2) is 10.3. The lowest BCUT2D eigenvalue weighted by molar-refractivity contribution is -0.118. The number of carbonyl (C=O) groups excluding carboxylic acids is 2. The van der Waals surface area contributed by atoms with Crippen LogP contribution < -0.4 is 10.0 Å². The Kier molecular flexibility index (Phi) is 7.73. The Morgan fingerprint density at radius 1 is 1.29 bits per heavy atom. The van der Waals surface area contributed by atoms with Gasteiger partial charge in [-0.05, 0) is 55.7 Å². The molecule has 2 fully saturated rings. The van der Waals surface area contributed by atoms with Crippen LogP contribution in [0.2, 0.25) is 0 Å². The number of hydrogen-bond donors (Lipinski definition) is 2. The summed E-state index contributed by atoms with van der Waals surface area (Å²) in [5.41, 5.74) is 1.97. The van der Waals surface area contributed by atoms with Gasteiger partial charge in [0.25, 0.3) is 0 Å². The van der Waals surface area contributed by atoms with Crippen LogP contribution in [-0.4, -0.2) is 35.7 Å². The number of rotatable bonds is 12. The highest BCUT2D eigenvalue weighted by Gasteiger charge is 2.25. The molecule has 1 saturated heterocycles. The van der Waals surface area contributed by atoms with Gasteiger partial charge in [0.05, 0.1) is 0 Å². The van der Waals surface area contributed by atoms with Crippen molar-refractivity contribution in [2.45, 2.75) is 57.9 Å². The van der Waals surface area contributed by atoms with Crippen molar-refractivity contribution in [1.82, 2.24) is 14.9 Å². The number of hydrogen-bond acceptors (Lipinski definition) is 4. The highest BCUT2D eigenvalue weighted by Crippen LogP contribution is 2.34. The number of nitrogens with zero attached hydrogens (tertiary/aromatic N) is 1. The Balaban J connectivity index is 1.29. The van der Waals surface area contributed by atoms with Crippen molar-refractivity contribution in [2.24, 2.45) is 5.92 Å². The summed E-state index contributed by atoms with van der Waals surface area (Å²) in [6.07, 6.45) is 7.51. The molecule has 2 N–H and O–H groups in total. The van der Waals surface area contributed by atoms with Crippen LogP contribution in [0, 0.1) is 11.7 Å². The first-order chi connectivity index (χ1) is 13.5. The minimum Gasteiger partial charge on any atom is -0.315 e. The molecule has 0 bridgehead atoms. The number of aryl methyl sites for hydroxylation is 1. The van der Waals surface area contributed by atoms with Crippen LogP contribution in [-0.2, 0) is 11.2 Å². The van der Waals surface area contributed by atoms with Gasteiger partial charge in [0.15, 0.2) is 0 Å². The van der Waals surface area contributed by atoms with Crippen molar-refractivity contribution in [3.63, 3.8) is 0 Å². The maximum Gasteiger partial charge on any atom is 0.324 e. The highest BCUT2D eigenvalue weighted by molar-refractivity contribution is 7.97. The SMILES string of the molecule is CC(NSCCCCCN1CC(=O)NC1=O)c1ccc(F)c(CCC2CC2)c1. The average molecular weight is 408 g/mol. The van der Waals surface area contributed by atoms with Crippen LogP contribution in [0.3, 0.4) is 0 Å². The minimum atomic E-state index is -0.273. The van der Waals surface area contributed by atoms with E-state index in [9.17, 15) is 14.0 Å². The smallest absolute Gasteiger partial charge is 0.315 e. The fourth-order valence-corrected chi connectivity index (χ4v) is 4.24. The maximum absolute atomic E-state index is 14.0. The van der Waals surface area contributed by atoms with Crippen molar-refractivity contribution in [3.8, 4) is 0 Å². The normalized spacial score (nSPS) is 17.9. The fourth-order valence-electron chi connectivity index (χ4n) is 3.39. The summed E-state index contributed by atoms with van der Waals surface area (Å²) < 4.78 is 17.5. The molecule has 3 rings (SSSR count). The van der Waals surface area contributed by atoms with E-state index in [0.29, 0.717) is 6.54 Å². The molecule has 1 aliphatic carbocycles. The molecule has 2 aliphatic rings. The number of unbranched alkanes of at least 4 members (excludes halogenated alkanes) is 2. The van der Waals surface area contributed by atoms with E-state index in [0.717, 1.165) is 54.9 Å². The zero-order valence-corrected chi connectivity index (χ0v) is 17.3. The molecule has 7 heteroatoms. The number of amides is 3. The first-order valence-electron chi connectivity index (χ1n) is 10.3. The van der Waals surface area contributed by atoms with E-state index >= 15 is 0 Å². The quantitative estimate of drug-likeness (QED) is 0.310. The Bertz CT molecular complexity index is 696. The standard InChI is InChI=1S/C21H30FN3O2S/c1-15(17-9-10-19(22)18(13-17)8-7-16-5-6-16)24-28-12-4-2-3-11-25-14-20(26)23-21(25)27/h9-10,13,15-16,24H,2-8,11-12,14H2,1H3,(H,23,26,27). The molecular formula is C21H30FN3O2S. The summed E-state index contributed by atoms with van der Waals surface area (Å²) in [6.45, 7) is 2.92. The lowest BCUT2D eigenvalue weighted by atomic mass is 10.0. The average Bonchev–Trinajstić information content (AvgIpc) is 3.44. The Labute approximate surface area is 171 Å². The van der Waals surface area contributed by atoms with Gasteiger partial charge in [0.1, 0.15) is 12.4 Å². The molecule has 1 heterocycles. The van der Waals surface area contributed by atoms with Crippen LogP contribution in [0.25, 0.3) is 0 Å². The first-order valence-corrected chi connectivity index (χ1v) is 11.3. The van der Waals surface area contributed by atoms with Gasteiger partial charge >= 0.3 is 6.03 Å². The lowest BCUT2D eigenvalue weighted by Crippen LogP contribution is -2.29. The van der Waals surface area contributed by atoms with Gasteiger partial charge in [-0.2, -0.15) is 0 Å².